The number of piperazine rings is 1. The minimum absolute atomic E-state index is 0.175. The fraction of sp³-hybridized carbons (Fsp3) is 0.538. The number of hydrogen-bond acceptors (Lipinski definition) is 6. The molecule has 1 aliphatic rings. The van der Waals surface area contributed by atoms with Gasteiger partial charge in [-0.3, -0.25) is 15.0 Å². The molecule has 2 heterocycles. The monoisotopic (exact) mass is 294 g/mol. The van der Waals surface area contributed by atoms with Gasteiger partial charge < -0.3 is 10.0 Å². The molecule has 2 rings (SSSR count). The van der Waals surface area contributed by atoms with Crippen molar-refractivity contribution in [3.63, 3.8) is 0 Å². The number of carboxylic acid groups (broad SMARTS) is 1. The molecule has 8 heteroatoms. The molecule has 1 saturated heterocycles. The van der Waals surface area contributed by atoms with Crippen LogP contribution in [0.1, 0.15) is 24.2 Å². The van der Waals surface area contributed by atoms with Crippen LogP contribution >= 0.6 is 0 Å². The average Bonchev–Trinajstić information content (AvgIpc) is 2.46. The highest BCUT2D eigenvalue weighted by atomic mass is 16.6. The van der Waals surface area contributed by atoms with Crippen molar-refractivity contribution in [2.45, 2.75) is 19.9 Å². The van der Waals surface area contributed by atoms with Crippen LogP contribution in [0.3, 0.4) is 0 Å². The number of pyridine rings is 1. The lowest BCUT2D eigenvalue weighted by molar-refractivity contribution is -0.384. The van der Waals surface area contributed by atoms with Crippen molar-refractivity contribution in [1.29, 1.82) is 0 Å². The summed E-state index contributed by atoms with van der Waals surface area (Å²) in [5.74, 6) is -0.977. The molecule has 0 unspecified atom stereocenters. The quantitative estimate of drug-likeness (QED) is 0.658. The molecule has 1 aromatic rings. The van der Waals surface area contributed by atoms with Gasteiger partial charge in [-0.25, -0.2) is 9.78 Å². The van der Waals surface area contributed by atoms with Crippen molar-refractivity contribution in [2.75, 3.05) is 31.1 Å². The zero-order valence-corrected chi connectivity index (χ0v) is 12.0. The zero-order valence-electron chi connectivity index (χ0n) is 12.0. The molecule has 0 amide bonds. The van der Waals surface area contributed by atoms with Gasteiger partial charge in [-0.05, 0) is 13.8 Å². The summed E-state index contributed by atoms with van der Waals surface area (Å²) in [5, 5.41) is 20.1. The first kappa shape index (κ1) is 15.2. The number of carboxylic acids is 1. The van der Waals surface area contributed by atoms with E-state index in [0.717, 1.165) is 19.2 Å². The fourth-order valence-corrected chi connectivity index (χ4v) is 2.39. The molecule has 0 radical (unpaired) electrons. The zero-order chi connectivity index (χ0) is 15.6. The molecular weight excluding hydrogens is 276 g/mol. The number of hydrogen-bond donors (Lipinski definition) is 1. The maximum atomic E-state index is 11.1. The Bertz CT molecular complexity index is 553. The highest BCUT2D eigenvalue weighted by Gasteiger charge is 2.27. The third-order valence-electron chi connectivity index (χ3n) is 3.63. The Labute approximate surface area is 122 Å². The van der Waals surface area contributed by atoms with Crippen LogP contribution in [0.15, 0.2) is 12.3 Å². The smallest absolute Gasteiger partial charge is 0.337 e. The van der Waals surface area contributed by atoms with Crippen LogP contribution in [0.25, 0.3) is 0 Å². The van der Waals surface area contributed by atoms with Crippen LogP contribution in [0.2, 0.25) is 0 Å². The van der Waals surface area contributed by atoms with Gasteiger partial charge in [0.25, 0.3) is 0 Å². The number of carbonyl (C=O) groups is 1. The van der Waals surface area contributed by atoms with Crippen LogP contribution in [-0.2, 0) is 0 Å². The number of nitro groups is 1. The van der Waals surface area contributed by atoms with Crippen molar-refractivity contribution in [2.24, 2.45) is 0 Å². The van der Waals surface area contributed by atoms with E-state index < -0.39 is 10.9 Å². The van der Waals surface area contributed by atoms with Crippen LogP contribution in [0, 0.1) is 10.1 Å². The molecule has 0 spiro atoms. The Morgan fingerprint density at radius 3 is 2.48 bits per heavy atom. The number of rotatable bonds is 4. The van der Waals surface area contributed by atoms with Crippen molar-refractivity contribution < 1.29 is 14.8 Å². The van der Waals surface area contributed by atoms with Gasteiger partial charge in [-0.15, -0.1) is 0 Å². The molecule has 21 heavy (non-hydrogen) atoms. The van der Waals surface area contributed by atoms with Crippen LogP contribution < -0.4 is 4.90 Å². The summed E-state index contributed by atoms with van der Waals surface area (Å²) >= 11 is 0. The first-order valence-electron chi connectivity index (χ1n) is 6.77. The minimum atomic E-state index is -1.22. The van der Waals surface area contributed by atoms with Crippen molar-refractivity contribution >= 4 is 17.5 Å². The van der Waals surface area contributed by atoms with E-state index in [2.05, 4.69) is 23.7 Å². The highest BCUT2D eigenvalue weighted by molar-refractivity contribution is 5.88. The second kappa shape index (κ2) is 6.04. The first-order chi connectivity index (χ1) is 9.90. The number of aromatic carboxylic acids is 1. The standard InChI is InChI=1S/C13H18N4O4/c1-9(2)15-3-5-16(6-4-15)12-11(17(20)21)7-10(8-14-12)13(18)19/h7-9H,3-6H2,1-2H3,(H,18,19). The molecule has 0 aliphatic carbocycles. The van der Waals surface area contributed by atoms with E-state index in [1.165, 1.54) is 6.20 Å². The second-order valence-electron chi connectivity index (χ2n) is 5.25. The van der Waals surface area contributed by atoms with E-state index in [1.807, 2.05) is 4.90 Å². The number of aromatic nitrogens is 1. The molecule has 114 valence electrons. The molecule has 1 fully saturated rings. The summed E-state index contributed by atoms with van der Waals surface area (Å²) in [7, 11) is 0. The highest BCUT2D eigenvalue weighted by Crippen LogP contribution is 2.27. The molecule has 0 bridgehead atoms. The van der Waals surface area contributed by atoms with E-state index in [9.17, 15) is 14.9 Å². The summed E-state index contributed by atoms with van der Waals surface area (Å²) in [6.07, 6.45) is 1.17. The van der Waals surface area contributed by atoms with E-state index >= 15 is 0 Å². The Kier molecular flexibility index (Phi) is 4.37. The van der Waals surface area contributed by atoms with Crippen molar-refractivity contribution in [3.05, 3.63) is 27.9 Å². The van der Waals surface area contributed by atoms with E-state index in [-0.39, 0.29) is 17.1 Å². The number of anilines is 1. The minimum Gasteiger partial charge on any atom is -0.478 e. The molecule has 0 saturated carbocycles. The fourth-order valence-electron chi connectivity index (χ4n) is 2.39. The Morgan fingerprint density at radius 2 is 2.00 bits per heavy atom. The third kappa shape index (κ3) is 3.27. The third-order valence-corrected chi connectivity index (χ3v) is 3.63. The summed E-state index contributed by atoms with van der Waals surface area (Å²) in [4.78, 5) is 29.6. The van der Waals surface area contributed by atoms with Gasteiger partial charge in [0.15, 0.2) is 0 Å². The lowest BCUT2D eigenvalue weighted by Gasteiger charge is -2.37. The largest absolute Gasteiger partial charge is 0.478 e. The van der Waals surface area contributed by atoms with E-state index in [4.69, 9.17) is 5.11 Å². The van der Waals surface area contributed by atoms with Crippen molar-refractivity contribution in [3.8, 4) is 0 Å². The molecular formula is C13H18N4O4. The summed E-state index contributed by atoms with van der Waals surface area (Å²) in [6.45, 7) is 7.10. The predicted octanol–water partition coefficient (Wildman–Crippen LogP) is 1.22. The SMILES string of the molecule is CC(C)N1CCN(c2ncc(C(=O)O)cc2[N+](=O)[O-])CC1. The lowest BCUT2D eigenvalue weighted by Crippen LogP contribution is -2.49. The van der Waals surface area contributed by atoms with Gasteiger partial charge in [0, 0.05) is 44.5 Å². The molecule has 0 atom stereocenters. The van der Waals surface area contributed by atoms with Crippen LogP contribution in [-0.4, -0.2) is 58.1 Å². The molecule has 0 aromatic carbocycles. The van der Waals surface area contributed by atoms with Gasteiger partial charge in [0.05, 0.1) is 10.5 Å². The normalized spacial score (nSPS) is 16.2. The molecule has 1 aromatic heterocycles. The number of nitrogens with zero attached hydrogens (tertiary/aromatic N) is 4. The van der Waals surface area contributed by atoms with E-state index in [0.29, 0.717) is 19.1 Å². The lowest BCUT2D eigenvalue weighted by atomic mass is 10.2. The van der Waals surface area contributed by atoms with Gasteiger partial charge in [-0.2, -0.15) is 0 Å². The van der Waals surface area contributed by atoms with E-state index in [1.54, 1.807) is 0 Å². The van der Waals surface area contributed by atoms with Gasteiger partial charge in [-0.1, -0.05) is 0 Å². The summed E-state index contributed by atoms with van der Waals surface area (Å²) < 4.78 is 0. The maximum absolute atomic E-state index is 11.1. The second-order valence-corrected chi connectivity index (χ2v) is 5.25. The van der Waals surface area contributed by atoms with Crippen LogP contribution in [0.4, 0.5) is 11.5 Å². The molecule has 1 N–H and O–H groups in total. The van der Waals surface area contributed by atoms with Gasteiger partial charge >= 0.3 is 11.7 Å². The summed E-state index contributed by atoms with van der Waals surface area (Å²) in [6, 6.07) is 1.50. The van der Waals surface area contributed by atoms with Crippen LogP contribution in [0.5, 0.6) is 0 Å². The first-order valence-corrected chi connectivity index (χ1v) is 6.77. The summed E-state index contributed by atoms with van der Waals surface area (Å²) in [5.41, 5.74) is -0.431. The predicted molar refractivity (Wildman–Crippen MR) is 76.8 cm³/mol. The van der Waals surface area contributed by atoms with Gasteiger partial charge in [0.1, 0.15) is 0 Å². The Morgan fingerprint density at radius 1 is 1.38 bits per heavy atom. The molecule has 1 aliphatic heterocycles. The Balaban J connectivity index is 2.24. The van der Waals surface area contributed by atoms with Gasteiger partial charge in [0.2, 0.25) is 5.82 Å². The molecule has 8 nitrogen and oxygen atoms in total. The van der Waals surface area contributed by atoms with Crippen molar-refractivity contribution in [1.82, 2.24) is 9.88 Å². The Hall–Kier alpha value is -2.22. The topological polar surface area (TPSA) is 99.8 Å². The average molecular weight is 294 g/mol. The maximum Gasteiger partial charge on any atom is 0.337 e.